The number of hydrogen-bond acceptors (Lipinski definition) is 3. The lowest BCUT2D eigenvalue weighted by atomic mass is 9.92. The largest absolute Gasteiger partial charge is 0.495 e. The van der Waals surface area contributed by atoms with E-state index in [9.17, 15) is 9.59 Å². The summed E-state index contributed by atoms with van der Waals surface area (Å²) in [6.45, 7) is 5.35. The summed E-state index contributed by atoms with van der Waals surface area (Å²) >= 11 is 3.39. The van der Waals surface area contributed by atoms with Crippen LogP contribution in [0.25, 0.3) is 0 Å². The third-order valence-corrected chi connectivity index (χ3v) is 4.63. The Morgan fingerprint density at radius 3 is 2.67 bits per heavy atom. The van der Waals surface area contributed by atoms with E-state index >= 15 is 0 Å². The minimum atomic E-state index is -0.871. The quantitative estimate of drug-likeness (QED) is 0.906. The SMILES string of the molecule is CCC1(C)NC(=O)C(C)N(c2ccc(Br)c(OC)c2)C1=O. The number of carbonyl (C=O) groups excluding carboxylic acids is 2. The smallest absolute Gasteiger partial charge is 0.253 e. The first-order valence-corrected chi connectivity index (χ1v) is 7.62. The van der Waals surface area contributed by atoms with Gasteiger partial charge >= 0.3 is 0 Å². The van der Waals surface area contributed by atoms with Gasteiger partial charge in [-0.3, -0.25) is 14.5 Å². The number of anilines is 1. The number of nitrogens with one attached hydrogen (secondary N) is 1. The van der Waals surface area contributed by atoms with Gasteiger partial charge in [0.05, 0.1) is 11.6 Å². The number of rotatable bonds is 3. The van der Waals surface area contributed by atoms with Gasteiger partial charge in [0.2, 0.25) is 5.91 Å². The molecule has 1 aromatic carbocycles. The molecule has 1 aliphatic heterocycles. The van der Waals surface area contributed by atoms with Crippen molar-refractivity contribution < 1.29 is 14.3 Å². The van der Waals surface area contributed by atoms with Crippen molar-refractivity contribution in [2.45, 2.75) is 38.8 Å². The average Bonchev–Trinajstić information content (AvgIpc) is 2.47. The molecule has 2 atom stereocenters. The van der Waals surface area contributed by atoms with Crippen molar-refractivity contribution in [1.82, 2.24) is 5.32 Å². The summed E-state index contributed by atoms with van der Waals surface area (Å²) < 4.78 is 6.07. The maximum absolute atomic E-state index is 12.8. The zero-order chi connectivity index (χ0) is 15.8. The molecule has 114 valence electrons. The van der Waals surface area contributed by atoms with Gasteiger partial charge in [0.15, 0.2) is 0 Å². The maximum atomic E-state index is 12.8. The summed E-state index contributed by atoms with van der Waals surface area (Å²) in [5.41, 5.74) is -0.216. The van der Waals surface area contributed by atoms with E-state index in [4.69, 9.17) is 4.74 Å². The van der Waals surface area contributed by atoms with Crippen LogP contribution in [0.4, 0.5) is 5.69 Å². The number of benzene rings is 1. The molecule has 0 saturated carbocycles. The molecule has 1 aromatic rings. The number of halogens is 1. The Kier molecular flexibility index (Phi) is 4.27. The van der Waals surface area contributed by atoms with Crippen LogP contribution in [0.3, 0.4) is 0 Å². The number of piperazine rings is 1. The van der Waals surface area contributed by atoms with E-state index in [2.05, 4.69) is 21.2 Å². The van der Waals surface area contributed by atoms with Gasteiger partial charge in [-0.2, -0.15) is 0 Å². The van der Waals surface area contributed by atoms with Gasteiger partial charge in [-0.25, -0.2) is 0 Å². The molecule has 1 saturated heterocycles. The molecule has 0 radical (unpaired) electrons. The number of hydrogen-bond donors (Lipinski definition) is 1. The van der Waals surface area contributed by atoms with E-state index in [-0.39, 0.29) is 11.8 Å². The molecular formula is C15H19BrN2O3. The van der Waals surface area contributed by atoms with Crippen LogP contribution < -0.4 is 15.0 Å². The van der Waals surface area contributed by atoms with Crippen LogP contribution in [0, 0.1) is 0 Å². The van der Waals surface area contributed by atoms with Gasteiger partial charge in [-0.05, 0) is 48.3 Å². The van der Waals surface area contributed by atoms with Crippen LogP contribution in [0.2, 0.25) is 0 Å². The summed E-state index contributed by atoms with van der Waals surface area (Å²) in [6.07, 6.45) is 0.536. The highest BCUT2D eigenvalue weighted by atomic mass is 79.9. The third-order valence-electron chi connectivity index (χ3n) is 3.98. The fourth-order valence-electron chi connectivity index (χ4n) is 2.37. The summed E-state index contributed by atoms with van der Waals surface area (Å²) in [6, 6.07) is 4.82. The minimum Gasteiger partial charge on any atom is -0.495 e. The fraction of sp³-hybridized carbons (Fsp3) is 0.467. The maximum Gasteiger partial charge on any atom is 0.253 e. The molecule has 1 aliphatic rings. The molecule has 0 spiro atoms. The molecule has 2 rings (SSSR count). The number of methoxy groups -OCH3 is 1. The molecule has 1 N–H and O–H groups in total. The standard InChI is InChI=1S/C15H19BrN2O3/c1-5-15(3)14(20)18(9(2)13(19)17-15)10-6-7-11(16)12(8-10)21-4/h6-9H,5H2,1-4H3,(H,17,19). The molecule has 0 bridgehead atoms. The third kappa shape index (κ3) is 2.64. The fourth-order valence-corrected chi connectivity index (χ4v) is 2.78. The molecule has 1 heterocycles. The van der Waals surface area contributed by atoms with Crippen molar-refractivity contribution in [1.29, 1.82) is 0 Å². The topological polar surface area (TPSA) is 58.6 Å². The predicted molar refractivity (Wildman–Crippen MR) is 84.5 cm³/mol. The number of amides is 2. The van der Waals surface area contributed by atoms with Gasteiger partial charge in [-0.1, -0.05) is 6.92 Å². The van der Waals surface area contributed by atoms with Crippen molar-refractivity contribution in [3.05, 3.63) is 22.7 Å². The summed E-state index contributed by atoms with van der Waals surface area (Å²) in [5.74, 6) is 0.360. The summed E-state index contributed by atoms with van der Waals surface area (Å²) in [5, 5.41) is 2.81. The Morgan fingerprint density at radius 2 is 2.10 bits per heavy atom. The molecule has 2 amide bonds. The van der Waals surface area contributed by atoms with Crippen LogP contribution in [0.1, 0.15) is 27.2 Å². The normalized spacial score (nSPS) is 25.8. The van der Waals surface area contributed by atoms with E-state index in [0.29, 0.717) is 17.9 Å². The van der Waals surface area contributed by atoms with Gasteiger partial charge in [0.1, 0.15) is 17.3 Å². The van der Waals surface area contributed by atoms with Crippen molar-refractivity contribution in [3.63, 3.8) is 0 Å². The Hall–Kier alpha value is -1.56. The van der Waals surface area contributed by atoms with Crippen molar-refractivity contribution in [2.24, 2.45) is 0 Å². The lowest BCUT2D eigenvalue weighted by molar-refractivity contribution is -0.137. The number of nitrogens with zero attached hydrogens (tertiary/aromatic N) is 1. The monoisotopic (exact) mass is 354 g/mol. The Morgan fingerprint density at radius 1 is 1.43 bits per heavy atom. The number of carbonyl (C=O) groups is 2. The molecule has 5 nitrogen and oxygen atoms in total. The molecule has 2 unspecified atom stereocenters. The van der Waals surface area contributed by atoms with E-state index in [1.165, 1.54) is 4.90 Å². The molecule has 6 heteroatoms. The lowest BCUT2D eigenvalue weighted by Crippen LogP contribution is -2.68. The van der Waals surface area contributed by atoms with Crippen LogP contribution in [0.15, 0.2) is 22.7 Å². The predicted octanol–water partition coefficient (Wildman–Crippen LogP) is 2.48. The first kappa shape index (κ1) is 15.8. The number of ether oxygens (including phenoxy) is 1. The second kappa shape index (κ2) is 5.67. The Labute approximate surface area is 132 Å². The second-order valence-corrected chi connectivity index (χ2v) is 6.20. The Bertz CT molecular complexity index is 590. The van der Waals surface area contributed by atoms with Crippen molar-refractivity contribution in [2.75, 3.05) is 12.0 Å². The van der Waals surface area contributed by atoms with Crippen LogP contribution >= 0.6 is 15.9 Å². The van der Waals surface area contributed by atoms with Gasteiger partial charge in [0.25, 0.3) is 5.91 Å². The molecule has 1 fully saturated rings. The first-order valence-electron chi connectivity index (χ1n) is 6.83. The highest BCUT2D eigenvalue weighted by Gasteiger charge is 2.46. The second-order valence-electron chi connectivity index (χ2n) is 5.34. The summed E-state index contributed by atoms with van der Waals surface area (Å²) in [7, 11) is 1.56. The van der Waals surface area contributed by atoms with Crippen molar-refractivity contribution >= 4 is 33.4 Å². The molecule has 21 heavy (non-hydrogen) atoms. The van der Waals surface area contributed by atoms with Crippen LogP contribution in [-0.2, 0) is 9.59 Å². The van der Waals surface area contributed by atoms with E-state index in [1.54, 1.807) is 33.1 Å². The van der Waals surface area contributed by atoms with Crippen LogP contribution in [0.5, 0.6) is 5.75 Å². The zero-order valence-electron chi connectivity index (χ0n) is 12.6. The van der Waals surface area contributed by atoms with Gasteiger partial charge < -0.3 is 10.1 Å². The van der Waals surface area contributed by atoms with Crippen molar-refractivity contribution in [3.8, 4) is 5.75 Å². The van der Waals surface area contributed by atoms with Gasteiger partial charge in [0, 0.05) is 11.8 Å². The first-order chi connectivity index (χ1) is 9.84. The highest BCUT2D eigenvalue weighted by Crippen LogP contribution is 2.33. The molecular weight excluding hydrogens is 336 g/mol. The molecule has 0 aliphatic carbocycles. The van der Waals surface area contributed by atoms with E-state index in [1.807, 2.05) is 13.0 Å². The average molecular weight is 355 g/mol. The van der Waals surface area contributed by atoms with Gasteiger partial charge in [-0.15, -0.1) is 0 Å². The Balaban J connectivity index is 2.49. The minimum absolute atomic E-state index is 0.110. The van der Waals surface area contributed by atoms with E-state index in [0.717, 1.165) is 4.47 Å². The highest BCUT2D eigenvalue weighted by molar-refractivity contribution is 9.10. The lowest BCUT2D eigenvalue weighted by Gasteiger charge is -2.43. The summed E-state index contributed by atoms with van der Waals surface area (Å²) in [4.78, 5) is 26.5. The van der Waals surface area contributed by atoms with Crippen LogP contribution in [-0.4, -0.2) is 30.5 Å². The zero-order valence-corrected chi connectivity index (χ0v) is 14.2. The van der Waals surface area contributed by atoms with E-state index < -0.39 is 11.6 Å². The molecule has 0 aromatic heterocycles.